The van der Waals surface area contributed by atoms with E-state index in [0.29, 0.717) is 17.7 Å². The zero-order valence-corrected chi connectivity index (χ0v) is 21.3. The molecule has 2 amide bonds. The molecule has 2 aliphatic heterocycles. The number of para-hydroxylation sites is 1. The fourth-order valence-corrected chi connectivity index (χ4v) is 5.45. The molecule has 0 spiro atoms. The SMILES string of the molecule is CCN1C(=O)C(C2=CC=C(CN3CCNCC3)CC2)C(=O)N(c2ccccc2)c2cc(C(F)(F)F)ccc21. The van der Waals surface area contributed by atoms with Crippen LogP contribution in [0.2, 0.25) is 0 Å². The lowest BCUT2D eigenvalue weighted by molar-refractivity contribution is -0.137. The average molecular weight is 525 g/mol. The Labute approximate surface area is 220 Å². The van der Waals surface area contributed by atoms with Crippen LogP contribution in [-0.2, 0) is 15.8 Å². The molecular weight excluding hydrogens is 493 g/mol. The van der Waals surface area contributed by atoms with E-state index >= 15 is 0 Å². The number of alkyl halides is 3. The highest BCUT2D eigenvalue weighted by molar-refractivity contribution is 6.21. The van der Waals surface area contributed by atoms with Gasteiger partial charge in [0.1, 0.15) is 5.92 Å². The van der Waals surface area contributed by atoms with Crippen LogP contribution < -0.4 is 15.1 Å². The molecule has 1 N–H and O–H groups in total. The highest BCUT2D eigenvalue weighted by Gasteiger charge is 2.43. The van der Waals surface area contributed by atoms with Crippen molar-refractivity contribution in [3.63, 3.8) is 0 Å². The number of allylic oxidation sites excluding steroid dienone is 2. The number of benzene rings is 2. The third-order valence-corrected chi connectivity index (χ3v) is 7.42. The van der Waals surface area contributed by atoms with Gasteiger partial charge < -0.3 is 10.2 Å². The Balaban J connectivity index is 1.56. The number of nitrogens with one attached hydrogen (secondary N) is 1. The van der Waals surface area contributed by atoms with Crippen molar-refractivity contribution in [1.82, 2.24) is 10.2 Å². The van der Waals surface area contributed by atoms with Crippen molar-refractivity contribution in [2.75, 3.05) is 49.1 Å². The molecule has 9 heteroatoms. The van der Waals surface area contributed by atoms with Gasteiger partial charge in [-0.05, 0) is 55.7 Å². The van der Waals surface area contributed by atoms with Crippen molar-refractivity contribution in [3.05, 3.63) is 77.4 Å². The first kappa shape index (κ1) is 26.2. The summed E-state index contributed by atoms with van der Waals surface area (Å²) in [7, 11) is 0. The van der Waals surface area contributed by atoms with E-state index in [1.54, 1.807) is 37.3 Å². The van der Waals surface area contributed by atoms with E-state index in [2.05, 4.69) is 10.2 Å². The maximum atomic E-state index is 14.2. The zero-order valence-electron chi connectivity index (χ0n) is 21.3. The average Bonchev–Trinajstić information content (AvgIpc) is 3.00. The molecule has 0 aromatic heterocycles. The summed E-state index contributed by atoms with van der Waals surface area (Å²) < 4.78 is 41.1. The maximum Gasteiger partial charge on any atom is 0.416 e. The first-order valence-corrected chi connectivity index (χ1v) is 13.0. The molecule has 0 bridgehead atoms. The van der Waals surface area contributed by atoms with E-state index in [4.69, 9.17) is 0 Å². The summed E-state index contributed by atoms with van der Waals surface area (Å²) in [6, 6.07) is 11.8. The molecule has 1 aliphatic carbocycles. The van der Waals surface area contributed by atoms with Gasteiger partial charge in [0, 0.05) is 45.0 Å². The van der Waals surface area contributed by atoms with Crippen LogP contribution in [0.25, 0.3) is 0 Å². The Bertz CT molecular complexity index is 1270. The molecule has 1 atom stereocenters. The molecule has 200 valence electrons. The van der Waals surface area contributed by atoms with Gasteiger partial charge in [-0.25, -0.2) is 0 Å². The largest absolute Gasteiger partial charge is 0.416 e. The van der Waals surface area contributed by atoms with Crippen LogP contribution in [0, 0.1) is 5.92 Å². The van der Waals surface area contributed by atoms with E-state index in [0.717, 1.165) is 51.3 Å². The van der Waals surface area contributed by atoms with Gasteiger partial charge >= 0.3 is 6.18 Å². The van der Waals surface area contributed by atoms with Crippen molar-refractivity contribution in [2.24, 2.45) is 5.92 Å². The lowest BCUT2D eigenvalue weighted by Gasteiger charge is -2.30. The highest BCUT2D eigenvalue weighted by Crippen LogP contribution is 2.44. The second-order valence-corrected chi connectivity index (χ2v) is 9.82. The molecule has 38 heavy (non-hydrogen) atoms. The Hall–Kier alpha value is -3.43. The summed E-state index contributed by atoms with van der Waals surface area (Å²) in [5, 5.41) is 3.34. The third kappa shape index (κ3) is 5.13. The number of anilines is 3. The van der Waals surface area contributed by atoms with E-state index in [1.165, 1.54) is 21.4 Å². The number of amides is 2. The molecule has 1 saturated heterocycles. The lowest BCUT2D eigenvalue weighted by Crippen LogP contribution is -2.44. The first-order chi connectivity index (χ1) is 18.3. The Morgan fingerprint density at radius 2 is 1.66 bits per heavy atom. The summed E-state index contributed by atoms with van der Waals surface area (Å²) in [5.74, 6) is -2.07. The number of carbonyl (C=O) groups excluding carboxylic acids is 2. The number of piperazine rings is 1. The monoisotopic (exact) mass is 524 g/mol. The number of rotatable bonds is 5. The number of carbonyl (C=O) groups is 2. The van der Waals surface area contributed by atoms with Crippen LogP contribution in [0.4, 0.5) is 30.2 Å². The molecule has 3 aliphatic rings. The van der Waals surface area contributed by atoms with Crippen LogP contribution in [0.5, 0.6) is 0 Å². The van der Waals surface area contributed by atoms with E-state index in [1.807, 2.05) is 12.2 Å². The predicted octanol–water partition coefficient (Wildman–Crippen LogP) is 4.90. The summed E-state index contributed by atoms with van der Waals surface area (Å²) in [6.45, 7) is 6.70. The van der Waals surface area contributed by atoms with Crippen molar-refractivity contribution in [2.45, 2.75) is 25.9 Å². The molecular formula is C29H31F3N4O2. The minimum atomic E-state index is -4.59. The normalized spacial score (nSPS) is 21.1. The van der Waals surface area contributed by atoms with Gasteiger partial charge in [-0.3, -0.25) is 19.4 Å². The van der Waals surface area contributed by atoms with Crippen LogP contribution >= 0.6 is 0 Å². The fraction of sp³-hybridized carbons (Fsp3) is 0.379. The Morgan fingerprint density at radius 1 is 0.921 bits per heavy atom. The summed E-state index contributed by atoms with van der Waals surface area (Å²) in [4.78, 5) is 33.1. The standard InChI is InChI=1S/C29H31F3N4O2/c1-2-35-24-13-12-22(29(30,31)32)18-25(24)36(23-6-4-3-5-7-23)28(38)26(27(35)37)21-10-8-20(9-11-21)19-34-16-14-33-15-17-34/h3-8,10,12-13,18,26,33H,2,9,11,14-17,19H2,1H3. The molecule has 2 aromatic rings. The van der Waals surface area contributed by atoms with E-state index in [-0.39, 0.29) is 17.9 Å². The fourth-order valence-electron chi connectivity index (χ4n) is 5.45. The van der Waals surface area contributed by atoms with Gasteiger partial charge in [-0.2, -0.15) is 13.2 Å². The van der Waals surface area contributed by atoms with Crippen LogP contribution in [0.3, 0.4) is 0 Å². The summed E-state index contributed by atoms with van der Waals surface area (Å²) >= 11 is 0. The molecule has 0 saturated carbocycles. The molecule has 1 fully saturated rings. The minimum absolute atomic E-state index is 0.0556. The van der Waals surface area contributed by atoms with Crippen LogP contribution in [-0.4, -0.2) is 56.0 Å². The van der Waals surface area contributed by atoms with Gasteiger partial charge in [0.25, 0.3) is 0 Å². The number of nitrogens with zero attached hydrogens (tertiary/aromatic N) is 3. The van der Waals surface area contributed by atoms with Crippen LogP contribution in [0.1, 0.15) is 25.3 Å². The van der Waals surface area contributed by atoms with Gasteiger partial charge in [0.2, 0.25) is 11.8 Å². The van der Waals surface area contributed by atoms with Gasteiger partial charge in [0.05, 0.1) is 16.9 Å². The number of fused-ring (bicyclic) bond motifs is 1. The topological polar surface area (TPSA) is 55.9 Å². The van der Waals surface area contributed by atoms with Gasteiger partial charge in [0.15, 0.2) is 0 Å². The van der Waals surface area contributed by atoms with Crippen molar-refractivity contribution in [3.8, 4) is 0 Å². The first-order valence-electron chi connectivity index (χ1n) is 13.0. The van der Waals surface area contributed by atoms with Crippen molar-refractivity contribution < 1.29 is 22.8 Å². The predicted molar refractivity (Wildman–Crippen MR) is 141 cm³/mol. The summed E-state index contributed by atoms with van der Waals surface area (Å²) in [6.07, 6.45) is 0.560. The Morgan fingerprint density at radius 3 is 2.29 bits per heavy atom. The second kappa shape index (κ2) is 10.7. The van der Waals surface area contributed by atoms with E-state index in [9.17, 15) is 22.8 Å². The highest BCUT2D eigenvalue weighted by atomic mass is 19.4. The third-order valence-electron chi connectivity index (χ3n) is 7.42. The quantitative estimate of drug-likeness (QED) is 0.566. The lowest BCUT2D eigenvalue weighted by atomic mass is 9.87. The zero-order chi connectivity index (χ0) is 26.9. The smallest absolute Gasteiger partial charge is 0.314 e. The molecule has 2 heterocycles. The molecule has 0 radical (unpaired) electrons. The minimum Gasteiger partial charge on any atom is -0.314 e. The maximum absolute atomic E-state index is 14.2. The Kier molecular flexibility index (Phi) is 7.40. The number of hydrogen-bond donors (Lipinski definition) is 1. The number of hydrogen-bond acceptors (Lipinski definition) is 4. The van der Waals surface area contributed by atoms with Crippen molar-refractivity contribution >= 4 is 28.9 Å². The molecule has 6 nitrogen and oxygen atoms in total. The van der Waals surface area contributed by atoms with Gasteiger partial charge in [-0.15, -0.1) is 0 Å². The van der Waals surface area contributed by atoms with Crippen molar-refractivity contribution in [1.29, 1.82) is 0 Å². The van der Waals surface area contributed by atoms with E-state index < -0.39 is 29.5 Å². The summed E-state index contributed by atoms with van der Waals surface area (Å²) in [5.41, 5.74) is 1.82. The molecule has 2 aromatic carbocycles. The molecule has 5 rings (SSSR count). The molecule has 1 unspecified atom stereocenters. The van der Waals surface area contributed by atoms with Crippen LogP contribution in [0.15, 0.2) is 71.8 Å². The number of halogens is 3. The second-order valence-electron chi connectivity index (χ2n) is 9.82. The van der Waals surface area contributed by atoms with Gasteiger partial charge in [-0.1, -0.05) is 35.9 Å².